The normalized spacial score (nSPS) is 19.4. The van der Waals surface area contributed by atoms with Gasteiger partial charge in [-0.1, -0.05) is 44.2 Å². The second-order valence-corrected chi connectivity index (χ2v) is 6.47. The fourth-order valence-electron chi connectivity index (χ4n) is 2.96. The lowest BCUT2D eigenvalue weighted by molar-refractivity contribution is 0.0724. The standard InChI is InChI=1S/C17H28N2O/c1-15(2)13-19-10-8-17(14-20,9-11-19)18-12-16-6-4-3-5-7-16/h3-7,15,18,20H,8-14H2,1-2H3. The van der Waals surface area contributed by atoms with E-state index >= 15 is 0 Å². The zero-order valence-electron chi connectivity index (χ0n) is 12.8. The molecule has 0 radical (unpaired) electrons. The zero-order chi connectivity index (χ0) is 14.4. The predicted molar refractivity (Wildman–Crippen MR) is 83.6 cm³/mol. The molecule has 0 atom stereocenters. The summed E-state index contributed by atoms with van der Waals surface area (Å²) in [5.74, 6) is 0.717. The fraction of sp³-hybridized carbons (Fsp3) is 0.647. The maximum Gasteiger partial charge on any atom is 0.0614 e. The topological polar surface area (TPSA) is 35.5 Å². The van der Waals surface area contributed by atoms with Gasteiger partial charge in [0.2, 0.25) is 0 Å². The van der Waals surface area contributed by atoms with E-state index in [0.717, 1.165) is 32.5 Å². The number of benzene rings is 1. The average molecular weight is 276 g/mol. The minimum atomic E-state index is -0.0939. The van der Waals surface area contributed by atoms with Crippen LogP contribution in [0, 0.1) is 5.92 Å². The molecule has 0 bridgehead atoms. The van der Waals surface area contributed by atoms with E-state index in [4.69, 9.17) is 0 Å². The molecule has 3 nitrogen and oxygen atoms in total. The van der Waals surface area contributed by atoms with Crippen molar-refractivity contribution in [1.82, 2.24) is 10.2 Å². The summed E-state index contributed by atoms with van der Waals surface area (Å²) < 4.78 is 0. The average Bonchev–Trinajstić information content (AvgIpc) is 2.47. The van der Waals surface area contributed by atoms with E-state index in [0.29, 0.717) is 5.92 Å². The van der Waals surface area contributed by atoms with Crippen LogP contribution in [0.5, 0.6) is 0 Å². The van der Waals surface area contributed by atoms with Gasteiger partial charge in [0.15, 0.2) is 0 Å². The Balaban J connectivity index is 1.85. The monoisotopic (exact) mass is 276 g/mol. The summed E-state index contributed by atoms with van der Waals surface area (Å²) >= 11 is 0. The van der Waals surface area contributed by atoms with Crippen LogP contribution in [-0.4, -0.2) is 41.8 Å². The number of nitrogens with zero attached hydrogens (tertiary/aromatic N) is 1. The molecule has 1 aromatic carbocycles. The SMILES string of the molecule is CC(C)CN1CCC(CO)(NCc2ccccc2)CC1. The fourth-order valence-corrected chi connectivity index (χ4v) is 2.96. The predicted octanol–water partition coefficient (Wildman–Crippen LogP) is 2.26. The van der Waals surface area contributed by atoms with Gasteiger partial charge >= 0.3 is 0 Å². The van der Waals surface area contributed by atoms with Crippen LogP contribution in [0.1, 0.15) is 32.3 Å². The molecule has 1 aliphatic heterocycles. The second-order valence-electron chi connectivity index (χ2n) is 6.47. The number of rotatable bonds is 6. The van der Waals surface area contributed by atoms with Crippen LogP contribution in [-0.2, 0) is 6.54 Å². The van der Waals surface area contributed by atoms with Crippen molar-refractivity contribution in [3.05, 3.63) is 35.9 Å². The van der Waals surface area contributed by atoms with Crippen LogP contribution in [0.15, 0.2) is 30.3 Å². The van der Waals surface area contributed by atoms with Crippen molar-refractivity contribution in [2.45, 2.75) is 38.8 Å². The minimum Gasteiger partial charge on any atom is -0.394 e. The highest BCUT2D eigenvalue weighted by molar-refractivity contribution is 5.15. The Morgan fingerprint density at radius 3 is 2.40 bits per heavy atom. The maximum absolute atomic E-state index is 9.81. The molecule has 112 valence electrons. The molecule has 1 heterocycles. The molecule has 20 heavy (non-hydrogen) atoms. The van der Waals surface area contributed by atoms with E-state index in [1.54, 1.807) is 0 Å². The van der Waals surface area contributed by atoms with Crippen molar-refractivity contribution in [2.24, 2.45) is 5.92 Å². The second kappa shape index (κ2) is 7.21. The number of piperidine rings is 1. The number of aliphatic hydroxyl groups is 1. The molecule has 2 rings (SSSR count). The number of hydrogen-bond acceptors (Lipinski definition) is 3. The van der Waals surface area contributed by atoms with Crippen molar-refractivity contribution >= 4 is 0 Å². The molecule has 0 unspecified atom stereocenters. The molecule has 1 saturated heterocycles. The van der Waals surface area contributed by atoms with E-state index in [2.05, 4.69) is 48.3 Å². The third kappa shape index (κ3) is 4.30. The van der Waals surface area contributed by atoms with Crippen molar-refractivity contribution in [1.29, 1.82) is 0 Å². The Labute approximate surface area is 123 Å². The first-order chi connectivity index (χ1) is 9.63. The number of aliphatic hydroxyl groups excluding tert-OH is 1. The molecular weight excluding hydrogens is 248 g/mol. The van der Waals surface area contributed by atoms with Gasteiger partial charge in [0.1, 0.15) is 0 Å². The number of nitrogens with one attached hydrogen (secondary N) is 1. The Hall–Kier alpha value is -0.900. The van der Waals surface area contributed by atoms with Gasteiger partial charge in [0.05, 0.1) is 6.61 Å². The highest BCUT2D eigenvalue weighted by Gasteiger charge is 2.33. The van der Waals surface area contributed by atoms with Crippen molar-refractivity contribution in [3.63, 3.8) is 0 Å². The van der Waals surface area contributed by atoms with E-state index in [9.17, 15) is 5.11 Å². The van der Waals surface area contributed by atoms with Crippen LogP contribution in [0.3, 0.4) is 0 Å². The summed E-state index contributed by atoms with van der Waals surface area (Å²) in [6.07, 6.45) is 2.06. The summed E-state index contributed by atoms with van der Waals surface area (Å²) in [7, 11) is 0. The molecule has 2 N–H and O–H groups in total. The van der Waals surface area contributed by atoms with Crippen LogP contribution in [0.4, 0.5) is 0 Å². The summed E-state index contributed by atoms with van der Waals surface area (Å²) in [5, 5.41) is 13.4. The molecule has 0 spiro atoms. The molecule has 0 amide bonds. The highest BCUT2D eigenvalue weighted by atomic mass is 16.3. The molecule has 3 heteroatoms. The Morgan fingerprint density at radius 1 is 1.20 bits per heavy atom. The van der Waals surface area contributed by atoms with Crippen LogP contribution in [0.2, 0.25) is 0 Å². The third-order valence-electron chi connectivity index (χ3n) is 4.25. The molecule has 0 aliphatic carbocycles. The van der Waals surface area contributed by atoms with E-state index in [1.807, 2.05) is 6.07 Å². The highest BCUT2D eigenvalue weighted by Crippen LogP contribution is 2.23. The van der Waals surface area contributed by atoms with Gasteiger partial charge < -0.3 is 15.3 Å². The molecule has 0 saturated carbocycles. The van der Waals surface area contributed by atoms with E-state index in [1.165, 1.54) is 12.1 Å². The Bertz CT molecular complexity index is 383. The minimum absolute atomic E-state index is 0.0939. The van der Waals surface area contributed by atoms with Gasteiger partial charge in [-0.25, -0.2) is 0 Å². The van der Waals surface area contributed by atoms with Gasteiger partial charge in [-0.15, -0.1) is 0 Å². The van der Waals surface area contributed by atoms with Crippen LogP contribution < -0.4 is 5.32 Å². The molecule has 1 fully saturated rings. The van der Waals surface area contributed by atoms with Gasteiger partial charge in [-0.3, -0.25) is 0 Å². The molecular formula is C17H28N2O. The largest absolute Gasteiger partial charge is 0.394 e. The Kier molecular flexibility index (Phi) is 5.58. The molecule has 0 aromatic heterocycles. The van der Waals surface area contributed by atoms with Crippen LogP contribution in [0.25, 0.3) is 0 Å². The summed E-state index contributed by atoms with van der Waals surface area (Å²) in [6.45, 7) is 8.94. The van der Waals surface area contributed by atoms with Gasteiger partial charge in [0, 0.05) is 18.6 Å². The maximum atomic E-state index is 9.81. The number of hydrogen-bond donors (Lipinski definition) is 2. The van der Waals surface area contributed by atoms with Crippen molar-refractivity contribution in [3.8, 4) is 0 Å². The van der Waals surface area contributed by atoms with Gasteiger partial charge in [0.25, 0.3) is 0 Å². The summed E-state index contributed by atoms with van der Waals surface area (Å²) in [4.78, 5) is 2.52. The van der Waals surface area contributed by atoms with Crippen molar-refractivity contribution < 1.29 is 5.11 Å². The third-order valence-corrected chi connectivity index (χ3v) is 4.25. The summed E-state index contributed by atoms with van der Waals surface area (Å²) in [6, 6.07) is 10.4. The first-order valence-electron chi connectivity index (χ1n) is 7.76. The first-order valence-corrected chi connectivity index (χ1v) is 7.76. The van der Waals surface area contributed by atoms with Gasteiger partial charge in [-0.2, -0.15) is 0 Å². The number of likely N-dealkylation sites (tertiary alicyclic amines) is 1. The molecule has 1 aliphatic rings. The van der Waals surface area contributed by atoms with Crippen LogP contribution >= 0.6 is 0 Å². The summed E-state index contributed by atoms with van der Waals surface area (Å²) in [5.41, 5.74) is 1.19. The first kappa shape index (κ1) is 15.5. The van der Waals surface area contributed by atoms with E-state index in [-0.39, 0.29) is 12.1 Å². The smallest absolute Gasteiger partial charge is 0.0614 e. The van der Waals surface area contributed by atoms with E-state index < -0.39 is 0 Å². The lowest BCUT2D eigenvalue weighted by atomic mass is 9.87. The molecule has 1 aromatic rings. The quantitative estimate of drug-likeness (QED) is 0.836. The van der Waals surface area contributed by atoms with Gasteiger partial charge in [-0.05, 0) is 37.4 Å². The lowest BCUT2D eigenvalue weighted by Crippen LogP contribution is -2.55. The lowest BCUT2D eigenvalue weighted by Gasteiger charge is -2.42. The Morgan fingerprint density at radius 2 is 1.85 bits per heavy atom. The van der Waals surface area contributed by atoms with Crippen molar-refractivity contribution in [2.75, 3.05) is 26.2 Å². The zero-order valence-corrected chi connectivity index (χ0v) is 12.8.